The highest BCUT2D eigenvalue weighted by Crippen LogP contribution is 2.15. The quantitative estimate of drug-likeness (QED) is 0.508. The van der Waals surface area contributed by atoms with Gasteiger partial charge in [0.15, 0.2) is 6.10 Å². The summed E-state index contributed by atoms with van der Waals surface area (Å²) in [5, 5.41) is 2.69. The van der Waals surface area contributed by atoms with Crippen LogP contribution in [0.2, 0.25) is 0 Å². The molecule has 0 aliphatic heterocycles. The fourth-order valence-corrected chi connectivity index (χ4v) is 3.96. The standard InChI is InChI=1S/C24H24N2O5S/c1-17-8-6-12-21(14-17)26-23(27)18(2)31-24(28)20-11-7-13-22(15-20)32(29,30)25-16-19-9-4-3-5-10-19/h3-15,18,25H,16H2,1-2H3,(H,26,27)/t18-/m0/s1. The topological polar surface area (TPSA) is 102 Å². The van der Waals surface area contributed by atoms with Gasteiger partial charge in [0, 0.05) is 12.2 Å². The third kappa shape index (κ3) is 6.26. The van der Waals surface area contributed by atoms with E-state index < -0.39 is 28.0 Å². The number of hydrogen-bond acceptors (Lipinski definition) is 5. The molecule has 0 saturated carbocycles. The number of sulfonamides is 1. The number of amides is 1. The van der Waals surface area contributed by atoms with Crippen molar-refractivity contribution in [3.05, 3.63) is 95.6 Å². The van der Waals surface area contributed by atoms with Gasteiger partial charge in [-0.3, -0.25) is 4.79 Å². The highest BCUT2D eigenvalue weighted by Gasteiger charge is 2.21. The molecular formula is C24H24N2O5S. The Morgan fingerprint density at radius 3 is 2.38 bits per heavy atom. The smallest absolute Gasteiger partial charge is 0.338 e. The average molecular weight is 453 g/mol. The summed E-state index contributed by atoms with van der Waals surface area (Å²) in [6.45, 7) is 3.47. The van der Waals surface area contributed by atoms with Gasteiger partial charge in [-0.15, -0.1) is 0 Å². The Hall–Kier alpha value is -3.49. The normalized spacial score (nSPS) is 12.1. The molecule has 8 heteroatoms. The fourth-order valence-electron chi connectivity index (χ4n) is 2.90. The van der Waals surface area contributed by atoms with Crippen molar-refractivity contribution in [2.75, 3.05) is 5.32 Å². The minimum atomic E-state index is -3.84. The number of hydrogen-bond donors (Lipinski definition) is 2. The zero-order valence-corrected chi connectivity index (χ0v) is 18.6. The lowest BCUT2D eigenvalue weighted by atomic mass is 10.2. The van der Waals surface area contributed by atoms with E-state index in [1.807, 2.05) is 31.2 Å². The summed E-state index contributed by atoms with van der Waals surface area (Å²) >= 11 is 0. The van der Waals surface area contributed by atoms with Crippen molar-refractivity contribution in [1.82, 2.24) is 4.72 Å². The minimum absolute atomic E-state index is 0.0304. The molecule has 1 amide bonds. The van der Waals surface area contributed by atoms with Crippen molar-refractivity contribution in [3.8, 4) is 0 Å². The second kappa shape index (κ2) is 10.2. The number of anilines is 1. The Labute approximate surface area is 187 Å². The lowest BCUT2D eigenvalue weighted by Crippen LogP contribution is -2.30. The summed E-state index contributed by atoms with van der Waals surface area (Å²) in [6.07, 6.45) is -1.07. The van der Waals surface area contributed by atoms with E-state index in [9.17, 15) is 18.0 Å². The fraction of sp³-hybridized carbons (Fsp3) is 0.167. The first-order valence-corrected chi connectivity index (χ1v) is 11.4. The number of benzene rings is 3. The molecule has 166 valence electrons. The molecule has 7 nitrogen and oxygen atoms in total. The first-order chi connectivity index (χ1) is 15.2. The number of carbonyl (C=O) groups is 2. The molecule has 0 aromatic heterocycles. The predicted octanol–water partition coefficient (Wildman–Crippen LogP) is 3.66. The molecule has 3 aromatic rings. The summed E-state index contributed by atoms with van der Waals surface area (Å²) < 4.78 is 33.0. The lowest BCUT2D eigenvalue weighted by Gasteiger charge is -2.14. The van der Waals surface area contributed by atoms with E-state index in [0.717, 1.165) is 11.1 Å². The molecule has 32 heavy (non-hydrogen) atoms. The summed E-state index contributed by atoms with van der Waals surface area (Å²) in [5.74, 6) is -1.28. The van der Waals surface area contributed by atoms with Crippen LogP contribution in [0.1, 0.15) is 28.4 Å². The van der Waals surface area contributed by atoms with E-state index >= 15 is 0 Å². The van der Waals surface area contributed by atoms with Gasteiger partial charge in [-0.1, -0.05) is 48.5 Å². The van der Waals surface area contributed by atoms with Gasteiger partial charge in [-0.2, -0.15) is 0 Å². The molecule has 0 heterocycles. The molecular weight excluding hydrogens is 428 g/mol. The van der Waals surface area contributed by atoms with Crippen molar-refractivity contribution in [2.24, 2.45) is 0 Å². The number of esters is 1. The molecule has 0 fully saturated rings. The second-order valence-electron chi connectivity index (χ2n) is 7.24. The van der Waals surface area contributed by atoms with Crippen molar-refractivity contribution in [2.45, 2.75) is 31.4 Å². The minimum Gasteiger partial charge on any atom is -0.449 e. The van der Waals surface area contributed by atoms with Gasteiger partial charge in [0.2, 0.25) is 10.0 Å². The largest absolute Gasteiger partial charge is 0.449 e. The van der Waals surface area contributed by atoms with Crippen LogP contribution in [-0.2, 0) is 26.1 Å². The van der Waals surface area contributed by atoms with E-state index in [1.165, 1.54) is 31.2 Å². The summed E-state index contributed by atoms with van der Waals surface area (Å²) in [7, 11) is -3.84. The number of aryl methyl sites for hydroxylation is 1. The zero-order valence-electron chi connectivity index (χ0n) is 17.7. The van der Waals surface area contributed by atoms with Crippen molar-refractivity contribution in [1.29, 1.82) is 0 Å². The van der Waals surface area contributed by atoms with Gasteiger partial charge in [-0.05, 0) is 55.3 Å². The van der Waals surface area contributed by atoms with Crippen LogP contribution >= 0.6 is 0 Å². The number of carbonyl (C=O) groups excluding carboxylic acids is 2. The highest BCUT2D eigenvalue weighted by molar-refractivity contribution is 7.89. The van der Waals surface area contributed by atoms with Crippen LogP contribution in [0.25, 0.3) is 0 Å². The van der Waals surface area contributed by atoms with Gasteiger partial charge >= 0.3 is 5.97 Å². The molecule has 0 saturated heterocycles. The highest BCUT2D eigenvalue weighted by atomic mass is 32.2. The maximum absolute atomic E-state index is 12.6. The van der Waals surface area contributed by atoms with Gasteiger partial charge in [0.1, 0.15) is 0 Å². The monoisotopic (exact) mass is 452 g/mol. The van der Waals surface area contributed by atoms with Crippen LogP contribution in [-0.4, -0.2) is 26.4 Å². The van der Waals surface area contributed by atoms with Gasteiger partial charge < -0.3 is 10.1 Å². The second-order valence-corrected chi connectivity index (χ2v) is 9.01. The lowest BCUT2D eigenvalue weighted by molar-refractivity contribution is -0.123. The molecule has 0 bridgehead atoms. The zero-order chi connectivity index (χ0) is 23.1. The van der Waals surface area contributed by atoms with Crippen LogP contribution in [0.4, 0.5) is 5.69 Å². The summed E-state index contributed by atoms with van der Waals surface area (Å²) in [6, 6.07) is 21.8. The number of rotatable bonds is 8. The molecule has 3 rings (SSSR count). The Kier molecular flexibility index (Phi) is 7.40. The predicted molar refractivity (Wildman–Crippen MR) is 122 cm³/mol. The molecule has 0 aliphatic carbocycles. The molecule has 0 radical (unpaired) electrons. The van der Waals surface area contributed by atoms with Crippen LogP contribution in [0.3, 0.4) is 0 Å². The third-order valence-electron chi connectivity index (χ3n) is 4.63. The molecule has 0 unspecified atom stereocenters. The van der Waals surface area contributed by atoms with E-state index in [-0.39, 0.29) is 17.0 Å². The van der Waals surface area contributed by atoms with E-state index in [4.69, 9.17) is 4.74 Å². The van der Waals surface area contributed by atoms with Crippen molar-refractivity contribution < 1.29 is 22.7 Å². The Bertz CT molecular complexity index is 1210. The summed E-state index contributed by atoms with van der Waals surface area (Å²) in [4.78, 5) is 24.8. The van der Waals surface area contributed by atoms with Crippen LogP contribution in [0, 0.1) is 6.92 Å². The van der Waals surface area contributed by atoms with Gasteiger partial charge in [0.25, 0.3) is 5.91 Å². The van der Waals surface area contributed by atoms with Crippen molar-refractivity contribution in [3.63, 3.8) is 0 Å². The van der Waals surface area contributed by atoms with Crippen molar-refractivity contribution >= 4 is 27.6 Å². The molecule has 0 aliphatic rings. The van der Waals surface area contributed by atoms with Gasteiger partial charge in [0.05, 0.1) is 10.5 Å². The number of nitrogens with one attached hydrogen (secondary N) is 2. The maximum atomic E-state index is 12.6. The number of ether oxygens (including phenoxy) is 1. The summed E-state index contributed by atoms with van der Waals surface area (Å²) in [5.41, 5.74) is 2.41. The molecule has 2 N–H and O–H groups in total. The Morgan fingerprint density at radius 2 is 1.66 bits per heavy atom. The van der Waals surface area contributed by atoms with Crippen LogP contribution in [0.5, 0.6) is 0 Å². The molecule has 1 atom stereocenters. The Balaban J connectivity index is 1.64. The molecule has 0 spiro atoms. The first kappa shape index (κ1) is 23.2. The third-order valence-corrected chi connectivity index (χ3v) is 6.03. The van der Waals surface area contributed by atoms with E-state index in [1.54, 1.807) is 30.3 Å². The van der Waals surface area contributed by atoms with Gasteiger partial charge in [-0.25, -0.2) is 17.9 Å². The van der Waals surface area contributed by atoms with Crippen LogP contribution in [0.15, 0.2) is 83.8 Å². The SMILES string of the molecule is Cc1cccc(NC(=O)[C@H](C)OC(=O)c2cccc(S(=O)(=O)NCc3ccccc3)c2)c1. The van der Waals surface area contributed by atoms with Crippen LogP contribution < -0.4 is 10.0 Å². The average Bonchev–Trinajstić information content (AvgIpc) is 2.78. The maximum Gasteiger partial charge on any atom is 0.338 e. The Morgan fingerprint density at radius 1 is 0.938 bits per heavy atom. The molecule has 3 aromatic carbocycles. The first-order valence-electron chi connectivity index (χ1n) is 9.97. The van der Waals surface area contributed by atoms with E-state index in [2.05, 4.69) is 10.0 Å². The van der Waals surface area contributed by atoms with E-state index in [0.29, 0.717) is 5.69 Å².